The zero-order chi connectivity index (χ0) is 21.6. The molecule has 0 spiro atoms. The Morgan fingerprint density at radius 3 is 2.07 bits per heavy atom. The van der Waals surface area contributed by atoms with E-state index in [0.717, 1.165) is 24.3 Å². The third-order valence-corrected chi connectivity index (χ3v) is 6.57. The van der Waals surface area contributed by atoms with E-state index < -0.39 is 0 Å². The largest absolute Gasteiger partial charge is 0.133 e. The Labute approximate surface area is 181 Å². The summed E-state index contributed by atoms with van der Waals surface area (Å²) in [6.07, 6.45) is 14.7. The van der Waals surface area contributed by atoms with Gasteiger partial charge in [0.05, 0.1) is 0 Å². The van der Waals surface area contributed by atoms with Gasteiger partial charge in [-0.15, -0.1) is 5.47 Å². The SMILES string of the molecule is B/C(C)=C/Cc1cc(C(=C)C)cc(C/C=C(\C)C(CC=C(C)C)C2CCC2)c1C. The normalized spacial score (nSPS) is 16.3. The molecular weight excluding hydrogens is 347 g/mol. The molecule has 0 aliphatic heterocycles. The average Bonchev–Trinajstić information content (AvgIpc) is 2.60. The second kappa shape index (κ2) is 10.9. The highest BCUT2D eigenvalue weighted by Gasteiger charge is 2.27. The molecule has 0 aromatic heterocycles. The van der Waals surface area contributed by atoms with Crippen molar-refractivity contribution in [3.05, 3.63) is 75.8 Å². The molecule has 1 heteroatoms. The maximum atomic E-state index is 4.20. The Bertz CT molecular complexity index is 807. The molecule has 1 aromatic carbocycles. The van der Waals surface area contributed by atoms with Gasteiger partial charge in [0.1, 0.15) is 7.85 Å². The first kappa shape index (κ1) is 23.5. The minimum absolute atomic E-state index is 0.716. The molecule has 1 fully saturated rings. The summed E-state index contributed by atoms with van der Waals surface area (Å²) in [6, 6.07) is 4.70. The van der Waals surface area contributed by atoms with Crippen molar-refractivity contribution >= 4 is 13.4 Å². The molecule has 156 valence electrons. The van der Waals surface area contributed by atoms with Crippen molar-refractivity contribution in [2.75, 3.05) is 0 Å². The van der Waals surface area contributed by atoms with Crippen molar-refractivity contribution in [3.63, 3.8) is 0 Å². The maximum absolute atomic E-state index is 4.20. The lowest BCUT2D eigenvalue weighted by atomic mass is 9.71. The van der Waals surface area contributed by atoms with Crippen LogP contribution in [-0.4, -0.2) is 7.85 Å². The Morgan fingerprint density at radius 1 is 1.03 bits per heavy atom. The summed E-state index contributed by atoms with van der Waals surface area (Å²) in [5.74, 6) is 1.60. The molecule has 29 heavy (non-hydrogen) atoms. The van der Waals surface area contributed by atoms with Crippen LogP contribution in [0.1, 0.15) is 82.6 Å². The molecule has 0 heterocycles. The van der Waals surface area contributed by atoms with Crippen LogP contribution in [0.25, 0.3) is 5.57 Å². The summed E-state index contributed by atoms with van der Waals surface area (Å²) in [4.78, 5) is 0. The lowest BCUT2D eigenvalue weighted by molar-refractivity contribution is 0.233. The Morgan fingerprint density at radius 2 is 1.62 bits per heavy atom. The monoisotopic (exact) mass is 388 g/mol. The zero-order valence-corrected chi connectivity index (χ0v) is 20.0. The Kier molecular flexibility index (Phi) is 8.81. The summed E-state index contributed by atoms with van der Waals surface area (Å²) in [5.41, 5.74) is 11.2. The fourth-order valence-electron chi connectivity index (χ4n) is 4.20. The smallest absolute Gasteiger partial charge is 0.117 e. The van der Waals surface area contributed by atoms with E-state index in [0.29, 0.717) is 5.92 Å². The first-order chi connectivity index (χ1) is 13.7. The molecule has 1 aromatic rings. The van der Waals surface area contributed by atoms with Gasteiger partial charge >= 0.3 is 0 Å². The predicted octanol–water partition coefficient (Wildman–Crippen LogP) is 7.37. The molecule has 1 aliphatic rings. The summed E-state index contributed by atoms with van der Waals surface area (Å²) in [6.45, 7) is 17.6. The summed E-state index contributed by atoms with van der Waals surface area (Å²) >= 11 is 0. The lowest BCUT2D eigenvalue weighted by Gasteiger charge is -2.34. The van der Waals surface area contributed by atoms with Crippen molar-refractivity contribution in [2.24, 2.45) is 11.8 Å². The first-order valence-corrected chi connectivity index (χ1v) is 11.4. The number of benzene rings is 1. The van der Waals surface area contributed by atoms with E-state index in [1.54, 1.807) is 5.57 Å². The van der Waals surface area contributed by atoms with Gasteiger partial charge in [0.25, 0.3) is 0 Å². The third-order valence-electron chi connectivity index (χ3n) is 6.57. The topological polar surface area (TPSA) is 0 Å². The molecule has 0 nitrogen and oxygen atoms in total. The standard InChI is InChI=1S/C28H41B/c1-19(2)11-16-28(24-9-8-10-24)21(5)12-14-25-17-27(20(3)4)18-26(23(25)7)15-13-22(6)29/h11-13,17-18,24,28H,3,8-10,14-16,29H2,1-2,4-7H3/b21-12+,22-13+. The van der Waals surface area contributed by atoms with Gasteiger partial charge in [-0.05, 0) is 101 Å². The first-order valence-electron chi connectivity index (χ1n) is 11.4. The molecule has 1 aliphatic carbocycles. The van der Waals surface area contributed by atoms with Crippen molar-refractivity contribution in [1.82, 2.24) is 0 Å². The number of hydrogen-bond acceptors (Lipinski definition) is 0. The Hall–Kier alpha value is -1.76. The molecule has 0 bridgehead atoms. The van der Waals surface area contributed by atoms with Gasteiger partial charge in [-0.3, -0.25) is 0 Å². The van der Waals surface area contributed by atoms with Crippen molar-refractivity contribution in [3.8, 4) is 0 Å². The quantitative estimate of drug-likeness (QED) is 0.306. The summed E-state index contributed by atoms with van der Waals surface area (Å²) in [7, 11) is 2.18. The van der Waals surface area contributed by atoms with E-state index in [1.165, 1.54) is 59.0 Å². The molecule has 0 N–H and O–H groups in total. The van der Waals surface area contributed by atoms with E-state index in [1.807, 2.05) is 0 Å². The van der Waals surface area contributed by atoms with Crippen LogP contribution in [0.3, 0.4) is 0 Å². The molecular formula is C28H41B. The van der Waals surface area contributed by atoms with Crippen LogP contribution in [0, 0.1) is 18.8 Å². The van der Waals surface area contributed by atoms with Gasteiger partial charge in [0.2, 0.25) is 0 Å². The second-order valence-corrected chi connectivity index (χ2v) is 9.65. The minimum atomic E-state index is 0.716. The fourth-order valence-corrected chi connectivity index (χ4v) is 4.20. The summed E-state index contributed by atoms with van der Waals surface area (Å²) < 4.78 is 0. The highest BCUT2D eigenvalue weighted by Crippen LogP contribution is 2.39. The highest BCUT2D eigenvalue weighted by molar-refractivity contribution is 6.21. The predicted molar refractivity (Wildman–Crippen MR) is 134 cm³/mol. The van der Waals surface area contributed by atoms with E-state index in [2.05, 4.69) is 86.3 Å². The zero-order valence-electron chi connectivity index (χ0n) is 20.0. The van der Waals surface area contributed by atoms with E-state index in [4.69, 9.17) is 0 Å². The second-order valence-electron chi connectivity index (χ2n) is 9.65. The molecule has 0 amide bonds. The van der Waals surface area contributed by atoms with Crippen molar-refractivity contribution < 1.29 is 0 Å². The molecule has 0 saturated heterocycles. The Balaban J connectivity index is 2.29. The van der Waals surface area contributed by atoms with Crippen LogP contribution in [0.4, 0.5) is 0 Å². The van der Waals surface area contributed by atoms with Crippen LogP contribution in [-0.2, 0) is 12.8 Å². The highest BCUT2D eigenvalue weighted by atomic mass is 14.3. The number of hydrogen-bond donors (Lipinski definition) is 0. The number of rotatable bonds is 9. The van der Waals surface area contributed by atoms with Gasteiger partial charge < -0.3 is 0 Å². The molecule has 1 atom stereocenters. The van der Waals surface area contributed by atoms with Crippen molar-refractivity contribution in [1.29, 1.82) is 0 Å². The molecule has 1 saturated carbocycles. The maximum Gasteiger partial charge on any atom is 0.133 e. The minimum Gasteiger partial charge on any atom is -0.117 e. The van der Waals surface area contributed by atoms with E-state index in [-0.39, 0.29) is 0 Å². The van der Waals surface area contributed by atoms with Crippen LogP contribution < -0.4 is 0 Å². The van der Waals surface area contributed by atoms with Crippen LogP contribution in [0.5, 0.6) is 0 Å². The van der Waals surface area contributed by atoms with Crippen molar-refractivity contribution in [2.45, 2.75) is 80.1 Å². The van der Waals surface area contributed by atoms with E-state index in [9.17, 15) is 0 Å². The van der Waals surface area contributed by atoms with Gasteiger partial charge in [-0.1, -0.05) is 67.0 Å². The van der Waals surface area contributed by atoms with Crippen LogP contribution in [0.15, 0.2) is 53.6 Å². The van der Waals surface area contributed by atoms with Gasteiger partial charge in [-0.2, -0.15) is 0 Å². The lowest BCUT2D eigenvalue weighted by Crippen LogP contribution is -2.22. The van der Waals surface area contributed by atoms with Gasteiger partial charge in [0, 0.05) is 0 Å². The van der Waals surface area contributed by atoms with E-state index >= 15 is 0 Å². The molecule has 1 unspecified atom stereocenters. The van der Waals surface area contributed by atoms with Gasteiger partial charge in [-0.25, -0.2) is 0 Å². The number of allylic oxidation sites excluding steroid dienone is 7. The van der Waals surface area contributed by atoms with Crippen LogP contribution >= 0.6 is 0 Å². The molecule has 0 radical (unpaired) electrons. The molecule has 2 rings (SSSR count). The summed E-state index contributed by atoms with van der Waals surface area (Å²) in [5, 5.41) is 0. The van der Waals surface area contributed by atoms with Crippen LogP contribution in [0.2, 0.25) is 0 Å². The third kappa shape index (κ3) is 6.91. The van der Waals surface area contributed by atoms with Gasteiger partial charge in [0.15, 0.2) is 0 Å². The fraction of sp³-hybridized carbons (Fsp3) is 0.500. The average molecular weight is 388 g/mol.